The van der Waals surface area contributed by atoms with Crippen LogP contribution in [-0.2, 0) is 11.3 Å². The van der Waals surface area contributed by atoms with Gasteiger partial charge in [-0.1, -0.05) is 66.7 Å². The molecule has 0 atom stereocenters. The molecule has 4 nitrogen and oxygen atoms in total. The van der Waals surface area contributed by atoms with Crippen LogP contribution in [-0.4, -0.2) is 6.09 Å². The third kappa shape index (κ3) is 3.93. The van der Waals surface area contributed by atoms with Crippen LogP contribution in [0.15, 0.2) is 78.9 Å². The number of carbonyl (C=O) groups is 1. The zero-order valence-corrected chi connectivity index (χ0v) is 13.1. The molecule has 0 aromatic heterocycles. The molecule has 1 amide bonds. The first kappa shape index (κ1) is 15.6. The summed E-state index contributed by atoms with van der Waals surface area (Å²) in [5, 5.41) is 2.67. The molecular formula is C20H18N2O2. The van der Waals surface area contributed by atoms with Crippen molar-refractivity contribution in [2.75, 3.05) is 11.1 Å². The Morgan fingerprint density at radius 1 is 0.875 bits per heavy atom. The summed E-state index contributed by atoms with van der Waals surface area (Å²) in [6.07, 6.45) is -0.530. The molecule has 0 heterocycles. The van der Waals surface area contributed by atoms with Crippen LogP contribution in [0.1, 0.15) is 5.56 Å². The normalized spacial score (nSPS) is 10.2. The molecule has 0 spiro atoms. The molecule has 120 valence electrons. The molecule has 0 fully saturated rings. The summed E-state index contributed by atoms with van der Waals surface area (Å²) in [7, 11) is 0. The van der Waals surface area contributed by atoms with Crippen molar-refractivity contribution in [3.63, 3.8) is 0 Å². The zero-order valence-electron chi connectivity index (χ0n) is 13.1. The molecule has 0 radical (unpaired) electrons. The van der Waals surface area contributed by atoms with Crippen LogP contribution >= 0.6 is 0 Å². The first-order valence-corrected chi connectivity index (χ1v) is 7.65. The number of rotatable bonds is 4. The van der Waals surface area contributed by atoms with E-state index in [1.165, 1.54) is 0 Å². The van der Waals surface area contributed by atoms with Gasteiger partial charge in [0.15, 0.2) is 0 Å². The Morgan fingerprint density at radius 3 is 2.21 bits per heavy atom. The highest BCUT2D eigenvalue weighted by Crippen LogP contribution is 2.27. The van der Waals surface area contributed by atoms with Gasteiger partial charge in [0.25, 0.3) is 0 Å². The third-order valence-corrected chi connectivity index (χ3v) is 3.61. The highest BCUT2D eigenvalue weighted by Gasteiger charge is 2.08. The minimum Gasteiger partial charge on any atom is -0.444 e. The second-order valence-electron chi connectivity index (χ2n) is 5.35. The summed E-state index contributed by atoms with van der Waals surface area (Å²) in [6.45, 7) is 0.217. The van der Waals surface area contributed by atoms with Crippen LogP contribution < -0.4 is 11.1 Å². The Labute approximate surface area is 140 Å². The smallest absolute Gasteiger partial charge is 0.412 e. The molecule has 3 rings (SSSR count). The number of carbonyl (C=O) groups excluding carboxylic acids is 1. The molecule has 0 aliphatic carbocycles. The number of nitrogen functional groups attached to an aromatic ring is 1. The van der Waals surface area contributed by atoms with E-state index >= 15 is 0 Å². The highest BCUT2D eigenvalue weighted by atomic mass is 16.5. The SMILES string of the molecule is Nc1cc(-c2ccccc2)ccc1NC(=O)OCc1ccccc1. The number of ether oxygens (including phenoxy) is 1. The van der Waals surface area contributed by atoms with Crippen molar-refractivity contribution in [1.29, 1.82) is 0 Å². The topological polar surface area (TPSA) is 64.3 Å². The van der Waals surface area contributed by atoms with Gasteiger partial charge in [-0.3, -0.25) is 5.32 Å². The molecule has 0 saturated heterocycles. The Kier molecular flexibility index (Phi) is 4.77. The van der Waals surface area contributed by atoms with Crippen LogP contribution in [0.5, 0.6) is 0 Å². The van der Waals surface area contributed by atoms with Crippen molar-refractivity contribution >= 4 is 17.5 Å². The van der Waals surface area contributed by atoms with Crippen LogP contribution in [0.25, 0.3) is 11.1 Å². The standard InChI is InChI=1S/C20H18N2O2/c21-18-13-17(16-9-5-2-6-10-16)11-12-19(18)22-20(23)24-14-15-7-3-1-4-8-15/h1-13H,14,21H2,(H,22,23). The minimum absolute atomic E-state index is 0.217. The van der Waals surface area contributed by atoms with Gasteiger partial charge in [0.1, 0.15) is 6.61 Å². The Bertz CT molecular complexity index is 818. The maximum atomic E-state index is 11.9. The van der Waals surface area contributed by atoms with Gasteiger partial charge >= 0.3 is 6.09 Å². The predicted octanol–water partition coefficient (Wildman–Crippen LogP) is 4.68. The first-order valence-electron chi connectivity index (χ1n) is 7.65. The van der Waals surface area contributed by atoms with Gasteiger partial charge in [0.2, 0.25) is 0 Å². The lowest BCUT2D eigenvalue weighted by Crippen LogP contribution is -2.14. The fraction of sp³-hybridized carbons (Fsp3) is 0.0500. The molecule has 0 saturated carbocycles. The third-order valence-electron chi connectivity index (χ3n) is 3.61. The summed E-state index contributed by atoms with van der Waals surface area (Å²) in [6, 6.07) is 25.0. The number of amides is 1. The summed E-state index contributed by atoms with van der Waals surface area (Å²) < 4.78 is 5.20. The molecule has 24 heavy (non-hydrogen) atoms. The second kappa shape index (κ2) is 7.33. The van der Waals surface area contributed by atoms with Gasteiger partial charge < -0.3 is 10.5 Å². The van der Waals surface area contributed by atoms with Crippen LogP contribution in [0.4, 0.5) is 16.2 Å². The van der Waals surface area contributed by atoms with E-state index in [1.807, 2.05) is 72.8 Å². The average Bonchev–Trinajstić information content (AvgIpc) is 2.63. The molecule has 0 aliphatic rings. The Morgan fingerprint density at radius 2 is 1.54 bits per heavy atom. The van der Waals surface area contributed by atoms with Gasteiger partial charge in [-0.15, -0.1) is 0 Å². The second-order valence-corrected chi connectivity index (χ2v) is 5.35. The Hall–Kier alpha value is -3.27. The van der Waals surface area contributed by atoms with E-state index in [9.17, 15) is 4.79 Å². The van der Waals surface area contributed by atoms with Crippen LogP contribution in [0, 0.1) is 0 Å². The van der Waals surface area contributed by atoms with E-state index in [0.717, 1.165) is 16.7 Å². The molecule has 3 aromatic carbocycles. The van der Waals surface area contributed by atoms with E-state index in [4.69, 9.17) is 10.5 Å². The van der Waals surface area contributed by atoms with E-state index in [1.54, 1.807) is 6.07 Å². The number of nitrogens with one attached hydrogen (secondary N) is 1. The summed E-state index contributed by atoms with van der Waals surface area (Å²) in [5.41, 5.74) is 10.1. The van der Waals surface area contributed by atoms with E-state index in [-0.39, 0.29) is 6.61 Å². The largest absolute Gasteiger partial charge is 0.444 e. The summed E-state index contributed by atoms with van der Waals surface area (Å²) >= 11 is 0. The van der Waals surface area contributed by atoms with Crippen LogP contribution in [0.3, 0.4) is 0 Å². The fourth-order valence-electron chi connectivity index (χ4n) is 2.36. The zero-order chi connectivity index (χ0) is 16.8. The van der Waals surface area contributed by atoms with E-state index in [0.29, 0.717) is 11.4 Å². The molecule has 4 heteroatoms. The lowest BCUT2D eigenvalue weighted by Gasteiger charge is -2.11. The monoisotopic (exact) mass is 318 g/mol. The molecule has 0 unspecified atom stereocenters. The minimum atomic E-state index is -0.530. The highest BCUT2D eigenvalue weighted by molar-refractivity contribution is 5.90. The van der Waals surface area contributed by atoms with Gasteiger partial charge in [0.05, 0.1) is 11.4 Å². The number of hydrogen-bond acceptors (Lipinski definition) is 3. The maximum Gasteiger partial charge on any atom is 0.412 e. The van der Waals surface area contributed by atoms with Crippen molar-refractivity contribution in [1.82, 2.24) is 0 Å². The van der Waals surface area contributed by atoms with Gasteiger partial charge in [0, 0.05) is 0 Å². The van der Waals surface area contributed by atoms with Crippen LogP contribution in [0.2, 0.25) is 0 Å². The number of benzene rings is 3. The first-order chi connectivity index (χ1) is 11.7. The summed E-state index contributed by atoms with van der Waals surface area (Å²) in [5.74, 6) is 0. The Balaban J connectivity index is 1.64. The van der Waals surface area contributed by atoms with E-state index < -0.39 is 6.09 Å². The fourth-order valence-corrected chi connectivity index (χ4v) is 2.36. The summed E-state index contributed by atoms with van der Waals surface area (Å²) in [4.78, 5) is 11.9. The molecule has 3 aromatic rings. The lowest BCUT2D eigenvalue weighted by molar-refractivity contribution is 0.155. The number of anilines is 2. The maximum absolute atomic E-state index is 11.9. The number of nitrogens with two attached hydrogens (primary N) is 1. The van der Waals surface area contributed by atoms with Crippen molar-refractivity contribution in [2.45, 2.75) is 6.61 Å². The molecule has 3 N–H and O–H groups in total. The quantitative estimate of drug-likeness (QED) is 0.686. The average molecular weight is 318 g/mol. The molecule has 0 aliphatic heterocycles. The molecular weight excluding hydrogens is 300 g/mol. The lowest BCUT2D eigenvalue weighted by atomic mass is 10.0. The van der Waals surface area contributed by atoms with Crippen molar-refractivity contribution in [3.8, 4) is 11.1 Å². The van der Waals surface area contributed by atoms with Crippen molar-refractivity contribution in [2.24, 2.45) is 0 Å². The number of hydrogen-bond donors (Lipinski definition) is 2. The van der Waals surface area contributed by atoms with Crippen molar-refractivity contribution in [3.05, 3.63) is 84.4 Å². The van der Waals surface area contributed by atoms with Crippen molar-refractivity contribution < 1.29 is 9.53 Å². The van der Waals surface area contributed by atoms with Gasteiger partial charge in [-0.25, -0.2) is 4.79 Å². The van der Waals surface area contributed by atoms with Gasteiger partial charge in [-0.05, 0) is 28.8 Å². The molecule has 0 bridgehead atoms. The van der Waals surface area contributed by atoms with Gasteiger partial charge in [-0.2, -0.15) is 0 Å². The van der Waals surface area contributed by atoms with E-state index in [2.05, 4.69) is 5.32 Å². The predicted molar refractivity (Wildman–Crippen MR) is 96.5 cm³/mol.